The van der Waals surface area contributed by atoms with Crippen LogP contribution in [0.5, 0.6) is 0 Å². The smallest absolute Gasteiger partial charge is 0.159 e. The van der Waals surface area contributed by atoms with E-state index in [2.05, 4.69) is 0 Å². The second-order valence-electron chi connectivity index (χ2n) is 4.04. The van der Waals surface area contributed by atoms with Gasteiger partial charge in [-0.3, -0.25) is 0 Å². The van der Waals surface area contributed by atoms with Gasteiger partial charge in [-0.1, -0.05) is 24.4 Å². The zero-order chi connectivity index (χ0) is 11.7. The molecule has 0 atom stereocenters. The average Bonchev–Trinajstić information content (AvgIpc) is 2.74. The number of nitrogens with two attached hydrogens (primary N) is 2. The van der Waals surface area contributed by atoms with E-state index < -0.39 is 5.82 Å². The number of benzene rings is 1. The van der Waals surface area contributed by atoms with Gasteiger partial charge in [0.1, 0.15) is 5.02 Å². The third-order valence-corrected chi connectivity index (χ3v) is 4.64. The van der Waals surface area contributed by atoms with Crippen LogP contribution in [-0.4, -0.2) is 5.25 Å². The molecule has 1 aliphatic carbocycles. The van der Waals surface area contributed by atoms with Gasteiger partial charge in [-0.05, 0) is 18.9 Å². The van der Waals surface area contributed by atoms with Crippen molar-refractivity contribution in [3.8, 4) is 0 Å². The van der Waals surface area contributed by atoms with Crippen molar-refractivity contribution in [2.45, 2.75) is 35.8 Å². The van der Waals surface area contributed by atoms with E-state index in [1.807, 2.05) is 0 Å². The van der Waals surface area contributed by atoms with Crippen molar-refractivity contribution >= 4 is 34.7 Å². The van der Waals surface area contributed by atoms with Crippen molar-refractivity contribution in [3.63, 3.8) is 0 Å². The van der Waals surface area contributed by atoms with E-state index >= 15 is 0 Å². The Morgan fingerprint density at radius 2 is 1.88 bits per heavy atom. The molecule has 1 aromatic rings. The van der Waals surface area contributed by atoms with Crippen LogP contribution in [0.1, 0.15) is 25.7 Å². The Morgan fingerprint density at radius 3 is 2.50 bits per heavy atom. The standard InChI is InChI=1S/C11H14ClFN2S/c12-9-7(14)5-8(15)11(10(9)13)16-6-3-1-2-4-6/h5-6H,1-4,14-15H2. The Hall–Kier alpha value is -0.610. The molecule has 0 saturated heterocycles. The second kappa shape index (κ2) is 4.72. The number of hydrogen-bond acceptors (Lipinski definition) is 3. The third kappa shape index (κ3) is 2.23. The topological polar surface area (TPSA) is 52.0 Å². The highest BCUT2D eigenvalue weighted by atomic mass is 35.5. The van der Waals surface area contributed by atoms with Gasteiger partial charge in [0.2, 0.25) is 0 Å². The Morgan fingerprint density at radius 1 is 1.25 bits per heavy atom. The lowest BCUT2D eigenvalue weighted by Gasteiger charge is -2.13. The minimum atomic E-state index is -0.476. The predicted molar refractivity (Wildman–Crippen MR) is 68.3 cm³/mol. The summed E-state index contributed by atoms with van der Waals surface area (Å²) in [6, 6.07) is 1.53. The summed E-state index contributed by atoms with van der Waals surface area (Å²) in [5.74, 6) is -0.476. The van der Waals surface area contributed by atoms with Crippen LogP contribution in [0.4, 0.5) is 15.8 Å². The molecule has 0 spiro atoms. The maximum absolute atomic E-state index is 13.9. The van der Waals surface area contributed by atoms with Gasteiger partial charge in [0.15, 0.2) is 5.82 Å². The van der Waals surface area contributed by atoms with Crippen LogP contribution >= 0.6 is 23.4 Å². The van der Waals surface area contributed by atoms with E-state index in [4.69, 9.17) is 23.1 Å². The van der Waals surface area contributed by atoms with Crippen LogP contribution in [0.3, 0.4) is 0 Å². The molecule has 1 fully saturated rings. The summed E-state index contributed by atoms with van der Waals surface area (Å²) >= 11 is 7.26. The van der Waals surface area contributed by atoms with Crippen molar-refractivity contribution in [1.82, 2.24) is 0 Å². The number of thioether (sulfide) groups is 1. The van der Waals surface area contributed by atoms with Gasteiger partial charge in [0.25, 0.3) is 0 Å². The monoisotopic (exact) mass is 260 g/mol. The van der Waals surface area contributed by atoms with Crippen LogP contribution in [-0.2, 0) is 0 Å². The number of halogens is 2. The molecule has 2 nitrogen and oxygen atoms in total. The zero-order valence-electron chi connectivity index (χ0n) is 8.80. The lowest BCUT2D eigenvalue weighted by atomic mass is 10.3. The van der Waals surface area contributed by atoms with Crippen molar-refractivity contribution in [2.24, 2.45) is 0 Å². The molecule has 16 heavy (non-hydrogen) atoms. The molecule has 0 heterocycles. The summed E-state index contributed by atoms with van der Waals surface area (Å²) < 4.78 is 13.9. The van der Waals surface area contributed by atoms with Crippen LogP contribution in [0.2, 0.25) is 5.02 Å². The van der Waals surface area contributed by atoms with Crippen LogP contribution in [0, 0.1) is 5.82 Å². The molecule has 0 amide bonds. The van der Waals surface area contributed by atoms with Crippen LogP contribution in [0.25, 0.3) is 0 Å². The molecule has 2 rings (SSSR count). The Kier molecular flexibility index (Phi) is 3.50. The molecule has 0 radical (unpaired) electrons. The fourth-order valence-electron chi connectivity index (χ4n) is 1.94. The zero-order valence-corrected chi connectivity index (χ0v) is 10.4. The molecule has 1 saturated carbocycles. The molecular formula is C11H14ClFN2S. The summed E-state index contributed by atoms with van der Waals surface area (Å²) in [5, 5.41) is 0.436. The first kappa shape index (κ1) is 11.9. The largest absolute Gasteiger partial charge is 0.398 e. The maximum Gasteiger partial charge on any atom is 0.159 e. The van der Waals surface area contributed by atoms with Gasteiger partial charge in [0, 0.05) is 5.25 Å². The van der Waals surface area contributed by atoms with E-state index in [-0.39, 0.29) is 10.7 Å². The molecule has 0 bridgehead atoms. The van der Waals surface area contributed by atoms with Crippen molar-refractivity contribution in [2.75, 3.05) is 11.5 Å². The lowest BCUT2D eigenvalue weighted by molar-refractivity contribution is 0.604. The van der Waals surface area contributed by atoms with E-state index in [1.54, 1.807) is 0 Å². The third-order valence-electron chi connectivity index (χ3n) is 2.81. The molecule has 0 aromatic heterocycles. The van der Waals surface area contributed by atoms with Crippen molar-refractivity contribution in [3.05, 3.63) is 16.9 Å². The summed E-state index contributed by atoms with van der Waals surface area (Å²) in [5.41, 5.74) is 11.9. The highest BCUT2D eigenvalue weighted by Crippen LogP contribution is 2.42. The van der Waals surface area contributed by atoms with E-state index in [0.717, 1.165) is 12.8 Å². The summed E-state index contributed by atoms with van der Waals surface area (Å²) in [6.45, 7) is 0. The van der Waals surface area contributed by atoms with Gasteiger partial charge in [-0.15, -0.1) is 11.8 Å². The quantitative estimate of drug-likeness (QED) is 0.798. The minimum absolute atomic E-state index is 0.0188. The Balaban J connectivity index is 2.28. The minimum Gasteiger partial charge on any atom is -0.398 e. The van der Waals surface area contributed by atoms with Gasteiger partial charge >= 0.3 is 0 Å². The number of anilines is 2. The van der Waals surface area contributed by atoms with Gasteiger partial charge in [-0.2, -0.15) is 0 Å². The highest BCUT2D eigenvalue weighted by molar-refractivity contribution is 8.00. The highest BCUT2D eigenvalue weighted by Gasteiger charge is 2.21. The molecule has 0 unspecified atom stereocenters. The van der Waals surface area contributed by atoms with Gasteiger partial charge in [0.05, 0.1) is 16.3 Å². The Labute approximate surface area is 104 Å². The SMILES string of the molecule is Nc1cc(N)c(SC2CCCC2)c(F)c1Cl. The average molecular weight is 261 g/mol. The predicted octanol–water partition coefficient (Wildman–Crippen LogP) is 3.68. The van der Waals surface area contributed by atoms with E-state index in [1.165, 1.54) is 30.7 Å². The van der Waals surface area contributed by atoms with Crippen molar-refractivity contribution < 1.29 is 4.39 Å². The summed E-state index contributed by atoms with van der Waals surface area (Å²) in [7, 11) is 0. The molecule has 1 aromatic carbocycles. The van der Waals surface area contributed by atoms with Crippen molar-refractivity contribution in [1.29, 1.82) is 0 Å². The number of nitrogen functional groups attached to an aromatic ring is 2. The maximum atomic E-state index is 13.9. The Bertz CT molecular complexity index is 405. The second-order valence-corrected chi connectivity index (χ2v) is 5.73. The summed E-state index contributed by atoms with van der Waals surface area (Å²) in [4.78, 5) is 0.450. The molecule has 0 aliphatic heterocycles. The lowest BCUT2D eigenvalue weighted by Crippen LogP contribution is -2.01. The first-order chi connectivity index (χ1) is 7.59. The molecule has 1 aliphatic rings. The van der Waals surface area contributed by atoms with Crippen LogP contribution in [0.15, 0.2) is 11.0 Å². The van der Waals surface area contributed by atoms with Crippen LogP contribution < -0.4 is 11.5 Å². The first-order valence-electron chi connectivity index (χ1n) is 5.29. The van der Waals surface area contributed by atoms with Gasteiger partial charge < -0.3 is 11.5 Å². The van der Waals surface area contributed by atoms with E-state index in [9.17, 15) is 4.39 Å². The molecule has 5 heteroatoms. The number of hydrogen-bond donors (Lipinski definition) is 2. The first-order valence-corrected chi connectivity index (χ1v) is 6.55. The van der Waals surface area contributed by atoms with E-state index in [0.29, 0.717) is 15.8 Å². The fraction of sp³-hybridized carbons (Fsp3) is 0.455. The molecular weight excluding hydrogens is 247 g/mol. The molecule has 88 valence electrons. The summed E-state index contributed by atoms with van der Waals surface area (Å²) in [6.07, 6.45) is 4.65. The normalized spacial score (nSPS) is 16.9. The van der Waals surface area contributed by atoms with Gasteiger partial charge in [-0.25, -0.2) is 4.39 Å². The fourth-order valence-corrected chi connectivity index (χ4v) is 3.45. The number of rotatable bonds is 2. The molecule has 4 N–H and O–H groups in total.